The van der Waals surface area contributed by atoms with Gasteiger partial charge in [0.1, 0.15) is 5.82 Å². The molecule has 3 rings (SSSR count). The topological polar surface area (TPSA) is 41.9 Å². The number of anilines is 1. The van der Waals surface area contributed by atoms with Crippen LogP contribution < -0.4 is 4.90 Å². The van der Waals surface area contributed by atoms with Crippen molar-refractivity contribution in [3.63, 3.8) is 0 Å². The Labute approximate surface area is 165 Å². The minimum absolute atomic E-state index is 0.169. The van der Waals surface area contributed by atoms with Crippen LogP contribution in [0.2, 0.25) is 0 Å². The van der Waals surface area contributed by atoms with Crippen LogP contribution in [0, 0.1) is 12.7 Å². The van der Waals surface area contributed by atoms with E-state index in [9.17, 15) is 9.18 Å². The molecule has 0 saturated carbocycles. The predicted octanol–water partition coefficient (Wildman–Crippen LogP) is 5.30. The van der Waals surface area contributed by atoms with Crippen molar-refractivity contribution < 1.29 is 13.9 Å². The second kappa shape index (κ2) is 7.23. The van der Waals surface area contributed by atoms with Gasteiger partial charge >= 0.3 is 5.97 Å². The van der Waals surface area contributed by atoms with E-state index < -0.39 is 5.97 Å². The van der Waals surface area contributed by atoms with Crippen molar-refractivity contribution in [2.24, 2.45) is 4.99 Å². The summed E-state index contributed by atoms with van der Waals surface area (Å²) in [5, 5.41) is 0. The number of esters is 1. The zero-order valence-corrected chi connectivity index (χ0v) is 17.1. The maximum atomic E-state index is 14.8. The summed E-state index contributed by atoms with van der Waals surface area (Å²) in [6.07, 6.45) is 3.71. The smallest absolute Gasteiger partial charge is 0.337 e. The van der Waals surface area contributed by atoms with E-state index in [0.717, 1.165) is 22.4 Å². The Morgan fingerprint density at radius 1 is 1.21 bits per heavy atom. The number of carbonyl (C=O) groups is 1. The van der Waals surface area contributed by atoms with Crippen molar-refractivity contribution in [2.45, 2.75) is 33.2 Å². The Morgan fingerprint density at radius 2 is 1.93 bits per heavy atom. The number of halogens is 1. The van der Waals surface area contributed by atoms with Crippen molar-refractivity contribution in [3.05, 3.63) is 64.5 Å². The number of allylic oxidation sites excluding steroid dienone is 1. The molecule has 0 aromatic heterocycles. The summed E-state index contributed by atoms with van der Waals surface area (Å²) >= 11 is 0. The number of nitrogens with zero attached hydrogens (tertiary/aromatic N) is 2. The van der Waals surface area contributed by atoms with Crippen LogP contribution in [0.3, 0.4) is 0 Å². The number of hydrogen-bond acceptors (Lipinski definition) is 4. The predicted molar refractivity (Wildman–Crippen MR) is 112 cm³/mol. The van der Waals surface area contributed by atoms with Crippen LogP contribution in [0.4, 0.5) is 15.8 Å². The SMILES string of the molecule is COC(=O)c1ccc(N=Cc2cc3c(cc2F)N(C)C(C)(C)C=C3C)c(C)c1. The number of carbonyl (C=O) groups excluding carboxylic acids is 1. The molecule has 1 aliphatic heterocycles. The molecule has 1 heterocycles. The van der Waals surface area contributed by atoms with Gasteiger partial charge in [0.25, 0.3) is 0 Å². The Bertz CT molecular complexity index is 1010. The average Bonchev–Trinajstić information content (AvgIpc) is 2.64. The van der Waals surface area contributed by atoms with E-state index in [-0.39, 0.29) is 11.4 Å². The first-order valence-corrected chi connectivity index (χ1v) is 9.14. The molecular formula is C23H25FN2O2. The molecule has 0 N–H and O–H groups in total. The molecule has 28 heavy (non-hydrogen) atoms. The molecule has 4 nitrogen and oxygen atoms in total. The van der Waals surface area contributed by atoms with E-state index >= 15 is 0 Å². The van der Waals surface area contributed by atoms with Crippen LogP contribution in [0.1, 0.15) is 47.8 Å². The molecule has 0 aliphatic carbocycles. The molecule has 0 atom stereocenters. The summed E-state index contributed by atoms with van der Waals surface area (Å²) in [5.41, 5.74) is 5.20. The first-order chi connectivity index (χ1) is 13.1. The number of fused-ring (bicyclic) bond motifs is 1. The fourth-order valence-corrected chi connectivity index (χ4v) is 3.47. The van der Waals surface area contributed by atoms with Gasteiger partial charge in [0, 0.05) is 30.1 Å². The molecule has 0 fully saturated rings. The molecule has 2 aromatic carbocycles. The lowest BCUT2D eigenvalue weighted by Crippen LogP contribution is -2.42. The monoisotopic (exact) mass is 380 g/mol. The number of methoxy groups -OCH3 is 1. The molecule has 0 saturated heterocycles. The van der Waals surface area contributed by atoms with Gasteiger partial charge in [0.05, 0.1) is 23.9 Å². The van der Waals surface area contributed by atoms with Gasteiger partial charge in [-0.2, -0.15) is 0 Å². The van der Waals surface area contributed by atoms with Crippen LogP contribution in [0.5, 0.6) is 0 Å². The van der Waals surface area contributed by atoms with E-state index in [1.54, 1.807) is 24.3 Å². The number of rotatable bonds is 3. The van der Waals surface area contributed by atoms with Gasteiger partial charge in [0.2, 0.25) is 0 Å². The first-order valence-electron chi connectivity index (χ1n) is 9.14. The van der Waals surface area contributed by atoms with Gasteiger partial charge in [0.15, 0.2) is 0 Å². The lowest BCUT2D eigenvalue weighted by molar-refractivity contribution is 0.0600. The first kappa shape index (κ1) is 19.8. The Kier molecular flexibility index (Phi) is 5.11. The maximum Gasteiger partial charge on any atom is 0.337 e. The van der Waals surface area contributed by atoms with Gasteiger partial charge in [-0.05, 0) is 69.2 Å². The van der Waals surface area contributed by atoms with Crippen LogP contribution in [0.15, 0.2) is 41.4 Å². The van der Waals surface area contributed by atoms with E-state index in [2.05, 4.69) is 29.8 Å². The molecule has 5 heteroatoms. The minimum atomic E-state index is -0.395. The standard InChI is InChI=1S/C23H25FN2O2/c1-14-9-16(22(27)28-6)7-8-20(14)25-13-17-10-18-15(2)12-23(3,4)26(5)21(18)11-19(17)24/h7-13H,1-6H3. The molecule has 0 radical (unpaired) electrons. The van der Waals surface area contributed by atoms with Gasteiger partial charge in [-0.1, -0.05) is 6.08 Å². The summed E-state index contributed by atoms with van der Waals surface area (Å²) in [6, 6.07) is 8.51. The largest absolute Gasteiger partial charge is 0.465 e. The lowest BCUT2D eigenvalue weighted by Gasteiger charge is -2.40. The van der Waals surface area contributed by atoms with E-state index in [4.69, 9.17) is 4.74 Å². The Hall–Kier alpha value is -2.95. The normalized spacial score (nSPS) is 15.4. The molecule has 2 aromatic rings. The highest BCUT2D eigenvalue weighted by Gasteiger charge is 2.29. The molecule has 0 amide bonds. The zero-order chi connectivity index (χ0) is 20.6. The summed E-state index contributed by atoms with van der Waals surface area (Å²) in [7, 11) is 3.32. The highest BCUT2D eigenvalue weighted by atomic mass is 19.1. The number of likely N-dealkylation sites (N-methyl/N-ethyl adjacent to an activating group) is 1. The summed E-state index contributed by atoms with van der Waals surface area (Å²) in [6.45, 7) is 8.11. The van der Waals surface area contributed by atoms with Gasteiger partial charge in [-0.15, -0.1) is 0 Å². The molecule has 146 valence electrons. The maximum absolute atomic E-state index is 14.8. The van der Waals surface area contributed by atoms with Crippen LogP contribution in [0.25, 0.3) is 5.57 Å². The third kappa shape index (κ3) is 3.57. The second-order valence-electron chi connectivity index (χ2n) is 7.68. The van der Waals surface area contributed by atoms with E-state index in [0.29, 0.717) is 16.8 Å². The average molecular weight is 380 g/mol. The second-order valence-corrected chi connectivity index (χ2v) is 7.68. The summed E-state index contributed by atoms with van der Waals surface area (Å²) in [4.78, 5) is 18.1. The summed E-state index contributed by atoms with van der Waals surface area (Å²) in [5.74, 6) is -0.711. The van der Waals surface area contributed by atoms with Crippen molar-refractivity contribution in [1.82, 2.24) is 0 Å². The highest BCUT2D eigenvalue weighted by Crippen LogP contribution is 2.38. The number of ether oxygens (including phenoxy) is 1. The molecule has 0 unspecified atom stereocenters. The zero-order valence-electron chi connectivity index (χ0n) is 17.1. The van der Waals surface area contributed by atoms with Gasteiger partial charge in [-0.25, -0.2) is 9.18 Å². The van der Waals surface area contributed by atoms with Crippen molar-refractivity contribution in [2.75, 3.05) is 19.1 Å². The number of benzene rings is 2. The van der Waals surface area contributed by atoms with Crippen LogP contribution in [-0.4, -0.2) is 31.9 Å². The Balaban J connectivity index is 1.96. The fraction of sp³-hybridized carbons (Fsp3) is 0.304. The van der Waals surface area contributed by atoms with Crippen molar-refractivity contribution in [1.29, 1.82) is 0 Å². The fourth-order valence-electron chi connectivity index (χ4n) is 3.47. The number of aliphatic imine (C=N–C) groups is 1. The third-order valence-electron chi connectivity index (χ3n) is 5.30. The molecular weight excluding hydrogens is 355 g/mol. The van der Waals surface area contributed by atoms with Crippen molar-refractivity contribution in [3.8, 4) is 0 Å². The number of hydrogen-bond donors (Lipinski definition) is 0. The molecule has 1 aliphatic rings. The summed E-state index contributed by atoms with van der Waals surface area (Å²) < 4.78 is 19.5. The Morgan fingerprint density at radius 3 is 2.57 bits per heavy atom. The van der Waals surface area contributed by atoms with Crippen molar-refractivity contribution >= 4 is 29.1 Å². The minimum Gasteiger partial charge on any atom is -0.465 e. The van der Waals surface area contributed by atoms with Gasteiger partial charge in [-0.3, -0.25) is 4.99 Å². The van der Waals surface area contributed by atoms with Gasteiger partial charge < -0.3 is 9.64 Å². The van der Waals surface area contributed by atoms with E-state index in [1.165, 1.54) is 13.3 Å². The number of aryl methyl sites for hydroxylation is 1. The van der Waals surface area contributed by atoms with E-state index in [1.807, 2.05) is 27.0 Å². The quantitative estimate of drug-likeness (QED) is 0.536. The highest BCUT2D eigenvalue weighted by molar-refractivity contribution is 5.91. The van der Waals surface area contributed by atoms with Crippen LogP contribution >= 0.6 is 0 Å². The van der Waals surface area contributed by atoms with Crippen LogP contribution in [-0.2, 0) is 4.74 Å². The molecule has 0 bridgehead atoms. The molecule has 0 spiro atoms. The lowest BCUT2D eigenvalue weighted by atomic mass is 9.88. The third-order valence-corrected chi connectivity index (χ3v) is 5.30.